The number of para-hydroxylation sites is 1. The fourth-order valence-corrected chi connectivity index (χ4v) is 4.44. The van der Waals surface area contributed by atoms with Crippen LogP contribution in [0.15, 0.2) is 24.3 Å². The van der Waals surface area contributed by atoms with E-state index in [2.05, 4.69) is 4.98 Å². The van der Waals surface area contributed by atoms with E-state index in [0.717, 1.165) is 36.6 Å². The van der Waals surface area contributed by atoms with Gasteiger partial charge in [0.05, 0.1) is 5.02 Å². The Morgan fingerprint density at radius 2 is 1.62 bits per heavy atom. The normalized spacial score (nSPS) is 19.1. The lowest BCUT2D eigenvalue weighted by Crippen LogP contribution is -2.52. The molecule has 5 nitrogen and oxygen atoms in total. The monoisotopic (exact) mass is 373 g/mol. The van der Waals surface area contributed by atoms with Crippen LogP contribution in [0.4, 0.5) is 0 Å². The molecule has 2 aromatic rings. The molecule has 1 N–H and O–H groups in total. The summed E-state index contributed by atoms with van der Waals surface area (Å²) in [6, 6.07) is 7.65. The largest absolute Gasteiger partial charge is 0.349 e. The summed E-state index contributed by atoms with van der Waals surface area (Å²) in [6.45, 7) is 2.34. The third-order valence-corrected chi connectivity index (χ3v) is 6.08. The van der Waals surface area contributed by atoms with E-state index in [4.69, 9.17) is 11.6 Å². The average Bonchev–Trinajstić information content (AvgIpc) is 3.04. The van der Waals surface area contributed by atoms with E-state index in [1.807, 2.05) is 29.2 Å². The highest BCUT2D eigenvalue weighted by Gasteiger charge is 2.31. The Hall–Kier alpha value is -2.01. The Morgan fingerprint density at radius 3 is 2.31 bits per heavy atom. The number of benzene rings is 1. The number of halogens is 1. The summed E-state index contributed by atoms with van der Waals surface area (Å²) in [7, 11) is 0. The van der Waals surface area contributed by atoms with Crippen molar-refractivity contribution in [2.24, 2.45) is 5.92 Å². The van der Waals surface area contributed by atoms with Gasteiger partial charge in [0.15, 0.2) is 0 Å². The zero-order valence-corrected chi connectivity index (χ0v) is 15.6. The van der Waals surface area contributed by atoms with Crippen LogP contribution in [0.1, 0.15) is 42.6 Å². The van der Waals surface area contributed by atoms with Crippen LogP contribution >= 0.6 is 11.6 Å². The Kier molecular flexibility index (Phi) is 4.90. The number of aromatic amines is 1. The second kappa shape index (κ2) is 7.31. The van der Waals surface area contributed by atoms with E-state index in [9.17, 15) is 9.59 Å². The van der Waals surface area contributed by atoms with Gasteiger partial charge >= 0.3 is 0 Å². The first kappa shape index (κ1) is 17.4. The van der Waals surface area contributed by atoms with Crippen LogP contribution in [0.5, 0.6) is 0 Å². The molecular formula is C20H24ClN3O2. The van der Waals surface area contributed by atoms with Crippen molar-refractivity contribution in [1.29, 1.82) is 0 Å². The van der Waals surface area contributed by atoms with Gasteiger partial charge in [0.25, 0.3) is 5.91 Å². The number of hydrogen-bond donors (Lipinski definition) is 1. The van der Waals surface area contributed by atoms with Gasteiger partial charge < -0.3 is 14.8 Å². The maximum atomic E-state index is 12.9. The highest BCUT2D eigenvalue weighted by molar-refractivity contribution is 6.38. The average molecular weight is 374 g/mol. The number of amides is 2. The lowest BCUT2D eigenvalue weighted by molar-refractivity contribution is -0.138. The first-order valence-corrected chi connectivity index (χ1v) is 9.87. The van der Waals surface area contributed by atoms with E-state index in [-0.39, 0.29) is 17.7 Å². The van der Waals surface area contributed by atoms with Gasteiger partial charge in [-0.15, -0.1) is 0 Å². The third kappa shape index (κ3) is 3.20. The van der Waals surface area contributed by atoms with Gasteiger partial charge in [0.2, 0.25) is 5.91 Å². The van der Waals surface area contributed by atoms with Gasteiger partial charge in [-0.05, 0) is 18.9 Å². The molecule has 1 aromatic heterocycles. The molecule has 0 bridgehead atoms. The quantitative estimate of drug-likeness (QED) is 0.872. The van der Waals surface area contributed by atoms with Crippen LogP contribution in [0.3, 0.4) is 0 Å². The summed E-state index contributed by atoms with van der Waals surface area (Å²) in [5.74, 6) is 0.380. The van der Waals surface area contributed by atoms with Crippen LogP contribution in [-0.4, -0.2) is 52.8 Å². The number of H-pyrrole nitrogens is 1. The van der Waals surface area contributed by atoms with Crippen LogP contribution in [0.2, 0.25) is 5.02 Å². The Morgan fingerprint density at radius 1 is 0.962 bits per heavy atom. The van der Waals surface area contributed by atoms with E-state index < -0.39 is 0 Å². The number of rotatable bonds is 2. The highest BCUT2D eigenvalue weighted by Crippen LogP contribution is 2.29. The van der Waals surface area contributed by atoms with Crippen LogP contribution in [0.25, 0.3) is 10.9 Å². The summed E-state index contributed by atoms with van der Waals surface area (Å²) in [6.07, 6.45) is 5.60. The van der Waals surface area contributed by atoms with Gasteiger partial charge in [-0.2, -0.15) is 0 Å². The maximum absolute atomic E-state index is 12.9. The number of nitrogens with one attached hydrogen (secondary N) is 1. The van der Waals surface area contributed by atoms with Crippen molar-refractivity contribution >= 4 is 34.3 Å². The molecule has 1 aliphatic heterocycles. The predicted octanol–water partition coefficient (Wildman–Crippen LogP) is 3.69. The SMILES string of the molecule is O=C(c1[nH]c2ccccc2c1Cl)N1CCN(C(=O)C2CCCCC2)CC1. The number of piperazine rings is 1. The first-order chi connectivity index (χ1) is 12.6. The molecule has 2 heterocycles. The molecule has 0 atom stereocenters. The van der Waals surface area contributed by atoms with E-state index in [1.54, 1.807) is 4.90 Å². The van der Waals surface area contributed by atoms with E-state index in [0.29, 0.717) is 36.9 Å². The molecule has 6 heteroatoms. The number of carbonyl (C=O) groups excluding carboxylic acids is 2. The number of fused-ring (bicyclic) bond motifs is 1. The number of aromatic nitrogens is 1. The predicted molar refractivity (Wildman–Crippen MR) is 102 cm³/mol. The Labute approximate surface area is 158 Å². The van der Waals surface area contributed by atoms with Crippen molar-refractivity contribution < 1.29 is 9.59 Å². The first-order valence-electron chi connectivity index (χ1n) is 9.49. The smallest absolute Gasteiger partial charge is 0.271 e. The molecule has 0 unspecified atom stereocenters. The molecule has 26 heavy (non-hydrogen) atoms. The minimum Gasteiger partial charge on any atom is -0.349 e. The zero-order valence-electron chi connectivity index (χ0n) is 14.8. The van der Waals surface area contributed by atoms with Gasteiger partial charge in [0, 0.05) is 43.0 Å². The lowest BCUT2D eigenvalue weighted by atomic mass is 9.88. The van der Waals surface area contributed by atoms with Crippen LogP contribution in [-0.2, 0) is 4.79 Å². The zero-order chi connectivity index (χ0) is 18.1. The van der Waals surface area contributed by atoms with Gasteiger partial charge in [0.1, 0.15) is 5.69 Å². The molecule has 4 rings (SSSR count). The van der Waals surface area contributed by atoms with E-state index in [1.165, 1.54) is 6.42 Å². The van der Waals surface area contributed by atoms with Crippen molar-refractivity contribution in [3.63, 3.8) is 0 Å². The fraction of sp³-hybridized carbons (Fsp3) is 0.500. The summed E-state index contributed by atoms with van der Waals surface area (Å²) in [4.78, 5) is 32.4. The number of nitrogens with zero attached hydrogens (tertiary/aromatic N) is 2. The fourth-order valence-electron chi connectivity index (χ4n) is 4.15. The van der Waals surface area contributed by atoms with Crippen molar-refractivity contribution in [1.82, 2.24) is 14.8 Å². The summed E-state index contributed by atoms with van der Waals surface area (Å²) in [5, 5.41) is 1.34. The molecule has 1 aromatic carbocycles. The topological polar surface area (TPSA) is 56.4 Å². The van der Waals surface area contributed by atoms with Gasteiger partial charge in [-0.1, -0.05) is 49.1 Å². The van der Waals surface area contributed by atoms with Crippen molar-refractivity contribution in [3.05, 3.63) is 35.0 Å². The highest BCUT2D eigenvalue weighted by atomic mass is 35.5. The summed E-state index contributed by atoms with van der Waals surface area (Å²) >= 11 is 6.41. The molecule has 0 radical (unpaired) electrons. The molecule has 2 aliphatic rings. The molecule has 0 spiro atoms. The maximum Gasteiger partial charge on any atom is 0.271 e. The third-order valence-electron chi connectivity index (χ3n) is 5.69. The second-order valence-corrected chi connectivity index (χ2v) is 7.69. The molecular weight excluding hydrogens is 350 g/mol. The summed E-state index contributed by atoms with van der Waals surface area (Å²) in [5.41, 5.74) is 1.31. The van der Waals surface area contributed by atoms with Crippen molar-refractivity contribution in [2.45, 2.75) is 32.1 Å². The Bertz CT molecular complexity index is 818. The molecule has 1 saturated carbocycles. The molecule has 1 aliphatic carbocycles. The minimum absolute atomic E-state index is 0.0871. The molecule has 1 saturated heterocycles. The molecule has 2 amide bonds. The Balaban J connectivity index is 1.41. The van der Waals surface area contributed by atoms with Gasteiger partial charge in [-0.3, -0.25) is 9.59 Å². The molecule has 138 valence electrons. The standard InChI is InChI=1S/C20H24ClN3O2/c21-17-15-8-4-5-9-16(15)22-18(17)20(26)24-12-10-23(11-13-24)19(25)14-6-2-1-3-7-14/h4-5,8-9,14,22H,1-3,6-7,10-13H2. The molecule has 2 fully saturated rings. The second-order valence-electron chi connectivity index (χ2n) is 7.31. The minimum atomic E-state index is -0.0871. The van der Waals surface area contributed by atoms with Gasteiger partial charge in [-0.25, -0.2) is 0 Å². The summed E-state index contributed by atoms with van der Waals surface area (Å²) < 4.78 is 0. The number of hydrogen-bond acceptors (Lipinski definition) is 2. The lowest BCUT2D eigenvalue weighted by Gasteiger charge is -2.37. The number of carbonyl (C=O) groups is 2. The van der Waals surface area contributed by atoms with Crippen LogP contribution in [0, 0.1) is 5.92 Å². The van der Waals surface area contributed by atoms with E-state index >= 15 is 0 Å². The van der Waals surface area contributed by atoms with Crippen molar-refractivity contribution in [3.8, 4) is 0 Å². The van der Waals surface area contributed by atoms with Crippen LogP contribution < -0.4 is 0 Å². The van der Waals surface area contributed by atoms with Crippen molar-refractivity contribution in [2.75, 3.05) is 26.2 Å².